The minimum Gasteiger partial charge on any atom is -0.351 e. The molecule has 3 aromatic rings. The van der Waals surface area contributed by atoms with E-state index in [1.54, 1.807) is 47.4 Å². The molecule has 0 bridgehead atoms. The lowest BCUT2D eigenvalue weighted by Gasteiger charge is -2.17. The zero-order valence-corrected chi connectivity index (χ0v) is 18.3. The molecule has 1 fully saturated rings. The van der Waals surface area contributed by atoms with Gasteiger partial charge in [0.15, 0.2) is 0 Å². The highest BCUT2D eigenvalue weighted by Crippen LogP contribution is 2.26. The van der Waals surface area contributed by atoms with Crippen molar-refractivity contribution in [3.05, 3.63) is 94.8 Å². The highest BCUT2D eigenvalue weighted by Gasteiger charge is 2.37. The van der Waals surface area contributed by atoms with Crippen LogP contribution in [0.5, 0.6) is 0 Å². The van der Waals surface area contributed by atoms with E-state index in [1.165, 1.54) is 24.3 Å². The number of hydrogen-bond acceptors (Lipinski definition) is 3. The molecule has 1 heterocycles. The zero-order chi connectivity index (χ0) is 23.4. The lowest BCUT2D eigenvalue weighted by atomic mass is 10.1. The lowest BCUT2D eigenvalue weighted by Crippen LogP contribution is -2.36. The van der Waals surface area contributed by atoms with Gasteiger partial charge < -0.3 is 15.5 Å². The van der Waals surface area contributed by atoms with Crippen LogP contribution in [0.1, 0.15) is 22.3 Å². The third-order valence-electron chi connectivity index (χ3n) is 5.42. The van der Waals surface area contributed by atoms with E-state index in [1.807, 2.05) is 6.07 Å². The molecule has 1 aliphatic heterocycles. The van der Waals surface area contributed by atoms with Gasteiger partial charge in [-0.15, -0.1) is 0 Å². The number of benzene rings is 3. The van der Waals surface area contributed by atoms with Gasteiger partial charge in [0.1, 0.15) is 11.7 Å². The number of carbonyl (C=O) groups excluding carboxylic acids is 3. The molecule has 168 valence electrons. The Morgan fingerprint density at radius 2 is 1.76 bits per heavy atom. The van der Waals surface area contributed by atoms with Crippen molar-refractivity contribution >= 4 is 40.7 Å². The summed E-state index contributed by atoms with van der Waals surface area (Å²) in [7, 11) is 0. The minimum atomic E-state index is -0.748. The fourth-order valence-corrected chi connectivity index (χ4v) is 3.80. The summed E-state index contributed by atoms with van der Waals surface area (Å²) >= 11 is 5.90. The van der Waals surface area contributed by atoms with Gasteiger partial charge in [-0.05, 0) is 72.6 Å². The average Bonchev–Trinajstić information content (AvgIpc) is 3.20. The Kier molecular flexibility index (Phi) is 6.70. The predicted octanol–water partition coefficient (Wildman–Crippen LogP) is 4.40. The summed E-state index contributed by atoms with van der Waals surface area (Å²) in [6.45, 7) is 0.674. The standard InChI is InChI=1S/C25H21ClFN3O3/c26-18-6-10-21(11-7-18)30-13-12-22(25(30)33)24(32)28-15-16-2-1-3-20(14-16)29-23(31)17-4-8-19(27)9-5-17/h1-11,14,22H,12-13,15H2,(H,28,32)(H,29,31). The molecule has 0 saturated carbocycles. The number of hydrogen-bond donors (Lipinski definition) is 2. The number of carbonyl (C=O) groups is 3. The second-order valence-corrected chi connectivity index (χ2v) is 8.12. The molecule has 1 unspecified atom stereocenters. The van der Waals surface area contributed by atoms with Crippen LogP contribution in [0, 0.1) is 11.7 Å². The van der Waals surface area contributed by atoms with Gasteiger partial charge in [0.05, 0.1) is 0 Å². The smallest absolute Gasteiger partial charge is 0.255 e. The van der Waals surface area contributed by atoms with Crippen molar-refractivity contribution in [2.45, 2.75) is 13.0 Å². The van der Waals surface area contributed by atoms with Crippen molar-refractivity contribution in [3.8, 4) is 0 Å². The summed E-state index contributed by atoms with van der Waals surface area (Å²) < 4.78 is 13.0. The van der Waals surface area contributed by atoms with E-state index >= 15 is 0 Å². The molecular formula is C25H21ClFN3O3. The van der Waals surface area contributed by atoms with Gasteiger partial charge in [-0.1, -0.05) is 23.7 Å². The lowest BCUT2D eigenvalue weighted by molar-refractivity contribution is -0.132. The van der Waals surface area contributed by atoms with Crippen LogP contribution in [0.25, 0.3) is 0 Å². The molecule has 0 aromatic heterocycles. The molecule has 4 rings (SSSR count). The molecule has 1 saturated heterocycles. The number of anilines is 2. The Balaban J connectivity index is 1.34. The van der Waals surface area contributed by atoms with E-state index in [-0.39, 0.29) is 24.3 Å². The van der Waals surface area contributed by atoms with Crippen LogP contribution in [0.3, 0.4) is 0 Å². The highest BCUT2D eigenvalue weighted by atomic mass is 35.5. The maximum absolute atomic E-state index is 13.0. The molecule has 2 N–H and O–H groups in total. The highest BCUT2D eigenvalue weighted by molar-refractivity contribution is 6.30. The van der Waals surface area contributed by atoms with Gasteiger partial charge in [0, 0.05) is 35.1 Å². The Morgan fingerprint density at radius 3 is 2.48 bits per heavy atom. The third kappa shape index (κ3) is 5.38. The molecule has 1 atom stereocenters. The normalized spacial score (nSPS) is 15.4. The summed E-state index contributed by atoms with van der Waals surface area (Å²) in [5, 5.41) is 6.14. The van der Waals surface area contributed by atoms with Crippen molar-refractivity contribution in [1.82, 2.24) is 5.32 Å². The molecule has 6 nitrogen and oxygen atoms in total. The van der Waals surface area contributed by atoms with Crippen molar-refractivity contribution in [3.63, 3.8) is 0 Å². The number of halogens is 2. The molecular weight excluding hydrogens is 445 g/mol. The van der Waals surface area contributed by atoms with Gasteiger partial charge in [0.25, 0.3) is 5.91 Å². The molecule has 3 aromatic carbocycles. The molecule has 0 aliphatic carbocycles. The van der Waals surface area contributed by atoms with E-state index in [9.17, 15) is 18.8 Å². The maximum Gasteiger partial charge on any atom is 0.255 e. The van der Waals surface area contributed by atoms with Crippen molar-refractivity contribution in [1.29, 1.82) is 0 Å². The first-order chi connectivity index (χ1) is 15.9. The molecule has 1 aliphatic rings. The van der Waals surface area contributed by atoms with Crippen LogP contribution in [-0.4, -0.2) is 24.3 Å². The van der Waals surface area contributed by atoms with Crippen molar-refractivity contribution in [2.24, 2.45) is 5.92 Å². The Morgan fingerprint density at radius 1 is 1.03 bits per heavy atom. The van der Waals surface area contributed by atoms with Crippen LogP contribution in [-0.2, 0) is 16.1 Å². The quantitative estimate of drug-likeness (QED) is 0.529. The first-order valence-electron chi connectivity index (χ1n) is 10.4. The third-order valence-corrected chi connectivity index (χ3v) is 5.67. The zero-order valence-electron chi connectivity index (χ0n) is 17.6. The number of rotatable bonds is 6. The summed E-state index contributed by atoms with van der Waals surface area (Å²) in [6.07, 6.45) is 0.432. The Labute approximate surface area is 195 Å². The molecule has 0 spiro atoms. The van der Waals surface area contributed by atoms with E-state index in [0.29, 0.717) is 34.9 Å². The van der Waals surface area contributed by atoms with Crippen molar-refractivity contribution < 1.29 is 18.8 Å². The number of amides is 3. The maximum atomic E-state index is 13.0. The van der Waals surface area contributed by atoms with Gasteiger partial charge in [0.2, 0.25) is 11.8 Å². The SMILES string of the molecule is O=C(Nc1cccc(CNC(=O)C2CCN(c3ccc(Cl)cc3)C2=O)c1)c1ccc(F)cc1. The summed E-state index contributed by atoms with van der Waals surface area (Å²) in [4.78, 5) is 39.3. The second kappa shape index (κ2) is 9.83. The van der Waals surface area contributed by atoms with Crippen LogP contribution in [0.2, 0.25) is 5.02 Å². The largest absolute Gasteiger partial charge is 0.351 e. The van der Waals surface area contributed by atoms with Crippen LogP contribution in [0.15, 0.2) is 72.8 Å². The fraction of sp³-hybridized carbons (Fsp3) is 0.160. The summed E-state index contributed by atoms with van der Waals surface area (Å²) in [6, 6.07) is 19.2. The van der Waals surface area contributed by atoms with Gasteiger partial charge in [-0.2, -0.15) is 0 Å². The van der Waals surface area contributed by atoms with E-state index in [2.05, 4.69) is 10.6 Å². The molecule has 8 heteroatoms. The van der Waals surface area contributed by atoms with Crippen molar-refractivity contribution in [2.75, 3.05) is 16.8 Å². The van der Waals surface area contributed by atoms with Crippen LogP contribution < -0.4 is 15.5 Å². The van der Waals surface area contributed by atoms with Gasteiger partial charge in [-0.3, -0.25) is 14.4 Å². The Hall–Kier alpha value is -3.71. The summed E-state index contributed by atoms with van der Waals surface area (Å²) in [5.41, 5.74) is 2.35. The average molecular weight is 466 g/mol. The minimum absolute atomic E-state index is 0.212. The number of nitrogens with one attached hydrogen (secondary N) is 2. The molecule has 0 radical (unpaired) electrons. The second-order valence-electron chi connectivity index (χ2n) is 7.69. The first-order valence-corrected chi connectivity index (χ1v) is 10.8. The summed E-state index contributed by atoms with van der Waals surface area (Å²) in [5.74, 6) is -2.11. The molecule has 33 heavy (non-hydrogen) atoms. The monoisotopic (exact) mass is 465 g/mol. The number of nitrogens with zero attached hydrogens (tertiary/aromatic N) is 1. The molecule has 3 amide bonds. The first kappa shape index (κ1) is 22.5. The van der Waals surface area contributed by atoms with Crippen LogP contribution >= 0.6 is 11.6 Å². The van der Waals surface area contributed by atoms with Gasteiger partial charge in [-0.25, -0.2) is 4.39 Å². The van der Waals surface area contributed by atoms with E-state index in [0.717, 1.165) is 5.56 Å². The van der Waals surface area contributed by atoms with Gasteiger partial charge >= 0.3 is 0 Å². The fourth-order valence-electron chi connectivity index (χ4n) is 3.68. The Bertz CT molecular complexity index is 1180. The van der Waals surface area contributed by atoms with E-state index < -0.39 is 11.7 Å². The predicted molar refractivity (Wildman–Crippen MR) is 125 cm³/mol. The topological polar surface area (TPSA) is 78.5 Å². The van der Waals surface area contributed by atoms with E-state index in [4.69, 9.17) is 11.6 Å². The van der Waals surface area contributed by atoms with Crippen LogP contribution in [0.4, 0.5) is 15.8 Å².